The molecule has 0 aromatic heterocycles. The van der Waals surface area contributed by atoms with Crippen molar-refractivity contribution in [2.75, 3.05) is 0 Å². The minimum absolute atomic E-state index is 0.0111. The van der Waals surface area contributed by atoms with Crippen LogP contribution >= 0.6 is 0 Å². The lowest BCUT2D eigenvalue weighted by atomic mass is 9.84. The predicted molar refractivity (Wildman–Crippen MR) is 96.9 cm³/mol. The third-order valence-corrected chi connectivity index (χ3v) is 5.20. The summed E-state index contributed by atoms with van der Waals surface area (Å²) < 4.78 is 5.29. The number of fused-ring (bicyclic) bond motifs is 1. The maximum atomic E-state index is 12.6. The van der Waals surface area contributed by atoms with Gasteiger partial charge in [-0.1, -0.05) is 58.9 Å². The van der Waals surface area contributed by atoms with Crippen LogP contribution in [-0.2, 0) is 14.3 Å². The molecular formula is C21H26O5. The summed E-state index contributed by atoms with van der Waals surface area (Å²) in [5.41, 5.74) is 0.557. The van der Waals surface area contributed by atoms with Gasteiger partial charge in [0.05, 0.1) is 5.92 Å². The van der Waals surface area contributed by atoms with Gasteiger partial charge < -0.3 is 4.74 Å². The summed E-state index contributed by atoms with van der Waals surface area (Å²) in [6.07, 6.45) is -1.38. The van der Waals surface area contributed by atoms with Gasteiger partial charge in [0.15, 0.2) is 0 Å². The zero-order valence-electron chi connectivity index (χ0n) is 15.9. The summed E-state index contributed by atoms with van der Waals surface area (Å²) >= 11 is 0. The normalized spacial score (nSPS) is 16.7. The van der Waals surface area contributed by atoms with Crippen molar-refractivity contribution in [3.05, 3.63) is 35.4 Å². The molecule has 0 saturated carbocycles. The summed E-state index contributed by atoms with van der Waals surface area (Å²) in [6.45, 7) is 9.41. The highest BCUT2D eigenvalue weighted by molar-refractivity contribution is 6.29. The Morgan fingerprint density at radius 1 is 0.923 bits per heavy atom. The molecular weight excluding hydrogens is 332 g/mol. The summed E-state index contributed by atoms with van der Waals surface area (Å²) in [5, 5.41) is 0. The second-order valence-corrected chi connectivity index (χ2v) is 7.64. The molecule has 0 N–H and O–H groups in total. The van der Waals surface area contributed by atoms with E-state index in [0.29, 0.717) is 0 Å². The zero-order chi connectivity index (χ0) is 19.6. The number of hydrogen-bond acceptors (Lipinski definition) is 5. The van der Waals surface area contributed by atoms with Gasteiger partial charge in [0, 0.05) is 23.5 Å². The Labute approximate surface area is 154 Å². The van der Waals surface area contributed by atoms with Crippen LogP contribution in [0.4, 0.5) is 0 Å². The average Bonchev–Trinajstić information content (AvgIpc) is 2.83. The second kappa shape index (κ2) is 7.94. The third kappa shape index (κ3) is 3.92. The Morgan fingerprint density at radius 3 is 1.85 bits per heavy atom. The van der Waals surface area contributed by atoms with E-state index in [2.05, 4.69) is 0 Å². The number of ether oxygens (including phenoxy) is 1. The van der Waals surface area contributed by atoms with Crippen molar-refractivity contribution in [1.82, 2.24) is 0 Å². The molecule has 2 atom stereocenters. The van der Waals surface area contributed by atoms with Crippen molar-refractivity contribution >= 4 is 23.3 Å². The van der Waals surface area contributed by atoms with Crippen molar-refractivity contribution in [3.8, 4) is 0 Å². The van der Waals surface area contributed by atoms with Crippen molar-refractivity contribution in [3.63, 3.8) is 0 Å². The van der Waals surface area contributed by atoms with E-state index < -0.39 is 29.6 Å². The molecule has 0 aliphatic heterocycles. The first-order valence-corrected chi connectivity index (χ1v) is 9.05. The first-order chi connectivity index (χ1) is 12.1. The number of hydrogen-bond donors (Lipinski definition) is 0. The van der Waals surface area contributed by atoms with Crippen LogP contribution in [0.3, 0.4) is 0 Å². The van der Waals surface area contributed by atoms with Gasteiger partial charge in [-0.05, 0) is 11.8 Å². The van der Waals surface area contributed by atoms with Crippen LogP contribution in [0, 0.1) is 23.7 Å². The van der Waals surface area contributed by atoms with Gasteiger partial charge in [0.25, 0.3) is 0 Å². The van der Waals surface area contributed by atoms with E-state index in [1.165, 1.54) is 0 Å². The summed E-state index contributed by atoms with van der Waals surface area (Å²) in [4.78, 5) is 49.8. The molecule has 0 saturated heterocycles. The van der Waals surface area contributed by atoms with Crippen molar-refractivity contribution in [2.45, 2.75) is 47.1 Å². The molecule has 1 aliphatic carbocycles. The van der Waals surface area contributed by atoms with Crippen molar-refractivity contribution in [1.29, 1.82) is 0 Å². The standard InChI is InChI=1S/C21H26O5/c1-11(2)13(5)17(22)10-16(12(3)4)21(25)26-20-18(23)14-8-6-7-9-15(14)19(20)24/h6-9,11-13,16,20H,10H2,1-5H3/t13-,16+/m0/s1. The highest BCUT2D eigenvalue weighted by Crippen LogP contribution is 2.27. The minimum Gasteiger partial charge on any atom is -0.445 e. The second-order valence-electron chi connectivity index (χ2n) is 7.64. The fourth-order valence-corrected chi connectivity index (χ4v) is 2.99. The molecule has 0 spiro atoms. The molecule has 5 nitrogen and oxygen atoms in total. The van der Waals surface area contributed by atoms with Crippen LogP contribution in [0.25, 0.3) is 0 Å². The summed E-state index contributed by atoms with van der Waals surface area (Å²) in [7, 11) is 0. The van der Waals surface area contributed by atoms with Crippen molar-refractivity contribution in [2.24, 2.45) is 23.7 Å². The largest absolute Gasteiger partial charge is 0.445 e. The monoisotopic (exact) mass is 358 g/mol. The Morgan fingerprint density at radius 2 is 1.42 bits per heavy atom. The first-order valence-electron chi connectivity index (χ1n) is 9.05. The van der Waals surface area contributed by atoms with E-state index in [1.807, 2.05) is 34.6 Å². The van der Waals surface area contributed by atoms with E-state index in [9.17, 15) is 19.2 Å². The lowest BCUT2D eigenvalue weighted by molar-refractivity contribution is -0.153. The van der Waals surface area contributed by atoms with Gasteiger partial charge in [-0.15, -0.1) is 0 Å². The number of rotatable bonds is 7. The highest BCUT2D eigenvalue weighted by atomic mass is 16.6. The van der Waals surface area contributed by atoms with Crippen LogP contribution in [-0.4, -0.2) is 29.4 Å². The van der Waals surface area contributed by atoms with Gasteiger partial charge in [-0.3, -0.25) is 19.2 Å². The fourth-order valence-electron chi connectivity index (χ4n) is 2.99. The van der Waals surface area contributed by atoms with Crippen LogP contribution in [0.2, 0.25) is 0 Å². The summed E-state index contributed by atoms with van der Waals surface area (Å²) in [5.74, 6) is -2.46. The molecule has 0 unspecified atom stereocenters. The number of carbonyl (C=O) groups is 4. The Bertz CT molecular complexity index is 697. The maximum Gasteiger partial charge on any atom is 0.310 e. The number of esters is 1. The van der Waals surface area contributed by atoms with E-state index in [-0.39, 0.29) is 41.1 Å². The average molecular weight is 358 g/mol. The number of benzene rings is 1. The smallest absolute Gasteiger partial charge is 0.310 e. The molecule has 0 radical (unpaired) electrons. The molecule has 0 amide bonds. The molecule has 0 bridgehead atoms. The predicted octanol–water partition coefficient (Wildman–Crippen LogP) is 3.50. The van der Waals surface area contributed by atoms with E-state index in [1.54, 1.807) is 24.3 Å². The van der Waals surface area contributed by atoms with Gasteiger partial charge in [0.1, 0.15) is 5.78 Å². The van der Waals surface area contributed by atoms with Crippen LogP contribution in [0.5, 0.6) is 0 Å². The SMILES string of the molecule is CC(C)[C@H](C)C(=O)C[C@@H](C(=O)OC1C(=O)c2ccccc2C1=O)C(C)C. The molecule has 2 rings (SSSR count). The lowest BCUT2D eigenvalue weighted by Crippen LogP contribution is -2.35. The molecule has 5 heteroatoms. The number of carbonyl (C=O) groups excluding carboxylic acids is 4. The Hall–Kier alpha value is -2.30. The first kappa shape index (κ1) is 20.0. The van der Waals surface area contributed by atoms with Gasteiger partial charge in [-0.25, -0.2) is 0 Å². The molecule has 140 valence electrons. The van der Waals surface area contributed by atoms with E-state index >= 15 is 0 Å². The molecule has 0 heterocycles. The van der Waals surface area contributed by atoms with Crippen LogP contribution < -0.4 is 0 Å². The van der Waals surface area contributed by atoms with Crippen LogP contribution in [0.1, 0.15) is 61.8 Å². The lowest BCUT2D eigenvalue weighted by Gasteiger charge is -2.23. The maximum absolute atomic E-state index is 12.6. The molecule has 26 heavy (non-hydrogen) atoms. The third-order valence-electron chi connectivity index (χ3n) is 5.20. The van der Waals surface area contributed by atoms with Crippen molar-refractivity contribution < 1.29 is 23.9 Å². The quantitative estimate of drug-likeness (QED) is 0.551. The van der Waals surface area contributed by atoms with Gasteiger partial charge in [0.2, 0.25) is 17.7 Å². The molecule has 0 fully saturated rings. The van der Waals surface area contributed by atoms with E-state index in [4.69, 9.17) is 4.74 Å². The topological polar surface area (TPSA) is 77.5 Å². The fraction of sp³-hybridized carbons (Fsp3) is 0.524. The highest BCUT2D eigenvalue weighted by Gasteiger charge is 2.42. The number of ketones is 3. The molecule has 1 aliphatic rings. The minimum atomic E-state index is -1.43. The zero-order valence-corrected chi connectivity index (χ0v) is 15.9. The molecule has 1 aromatic rings. The van der Waals surface area contributed by atoms with E-state index in [0.717, 1.165) is 0 Å². The van der Waals surface area contributed by atoms with Crippen LogP contribution in [0.15, 0.2) is 24.3 Å². The van der Waals surface area contributed by atoms with Gasteiger partial charge in [-0.2, -0.15) is 0 Å². The molecule has 1 aromatic carbocycles. The number of Topliss-reactive ketones (excluding diaryl/α,β-unsaturated/α-hetero) is 3. The Balaban J connectivity index is 2.13. The summed E-state index contributed by atoms with van der Waals surface area (Å²) in [6, 6.07) is 6.43. The van der Waals surface area contributed by atoms with Gasteiger partial charge >= 0.3 is 5.97 Å². The Kier molecular flexibility index (Phi) is 6.11.